The Labute approximate surface area is 307 Å². The summed E-state index contributed by atoms with van der Waals surface area (Å²) in [5, 5.41) is 9.06. The molecule has 0 amide bonds. The van der Waals surface area contributed by atoms with Crippen LogP contribution < -0.4 is 15.6 Å². The number of hydrogen-bond donors (Lipinski definition) is 1. The number of Topliss-reactive ketones (excluding diaryl/α,β-unsaturated/α-hetero) is 1. The fourth-order valence-corrected chi connectivity index (χ4v) is 5.95. The van der Waals surface area contributed by atoms with Gasteiger partial charge in [-0.3, -0.25) is 9.59 Å². The lowest BCUT2D eigenvalue weighted by Gasteiger charge is -2.22. The minimum Gasteiger partial charge on any atom is -0.480 e. The molecule has 0 bridgehead atoms. The molecule has 1 atom stereocenters. The van der Waals surface area contributed by atoms with Crippen LogP contribution in [0.25, 0.3) is 22.0 Å². The molecule has 1 N–H and O–H groups in total. The molecule has 0 aliphatic rings. The number of carbonyl (C=O) groups is 3. The molecule has 0 saturated heterocycles. The van der Waals surface area contributed by atoms with Gasteiger partial charge in [0.25, 0.3) is 5.56 Å². The standard InChI is InChI=1S/C40H43ClN4O7/c1-24(46)30-16-14-27(41)21-31(30)32-22-35(47)45(43-36(32)50-8)29(18-25-12-10-9-11-13-25)23-42-28-15-17-33-26(19-28)20-34(37(48)51-39(2,3)4)44(33)38(49)52-40(5,6)7/h9-17,19-22,29,42H,18,23H2,1-8H3/t29-/m0/s1. The lowest BCUT2D eigenvalue weighted by molar-refractivity contribution is 0.00500. The van der Waals surface area contributed by atoms with E-state index in [1.54, 1.807) is 77.9 Å². The zero-order valence-electron chi connectivity index (χ0n) is 30.6. The molecule has 272 valence electrons. The molecule has 0 fully saturated rings. The molecule has 0 radical (unpaired) electrons. The van der Waals surface area contributed by atoms with Crippen molar-refractivity contribution in [3.8, 4) is 17.0 Å². The SMILES string of the molecule is COc1nn([C@H](CNc2ccc3c(c2)cc(C(=O)OC(C)(C)C)n3C(=O)OC(C)(C)C)Cc2ccccc2)c(=O)cc1-c1cc(Cl)ccc1C(C)=O. The van der Waals surface area contributed by atoms with Gasteiger partial charge >= 0.3 is 12.1 Å². The average Bonchev–Trinajstić information content (AvgIpc) is 3.45. The molecular formula is C40H43ClN4O7. The van der Waals surface area contributed by atoms with E-state index >= 15 is 0 Å². The molecule has 0 unspecified atom stereocenters. The number of halogens is 1. The van der Waals surface area contributed by atoms with Gasteiger partial charge in [0, 0.05) is 34.3 Å². The fourth-order valence-electron chi connectivity index (χ4n) is 5.78. The highest BCUT2D eigenvalue weighted by molar-refractivity contribution is 6.31. The summed E-state index contributed by atoms with van der Waals surface area (Å²) in [5.41, 5.74) is 1.34. The number of nitrogens with zero attached hydrogens (tertiary/aromatic N) is 3. The number of nitrogens with one attached hydrogen (secondary N) is 1. The molecule has 5 rings (SSSR count). The van der Waals surface area contributed by atoms with Crippen molar-refractivity contribution < 1.29 is 28.6 Å². The Hall–Kier alpha value is -5.42. The number of carbonyl (C=O) groups excluding carboxylic acids is 3. The number of hydrogen-bond acceptors (Lipinski definition) is 9. The molecule has 0 saturated carbocycles. The smallest absolute Gasteiger partial charge is 0.419 e. The number of aromatic nitrogens is 3. The molecule has 12 heteroatoms. The second-order valence-electron chi connectivity index (χ2n) is 14.4. The van der Waals surface area contributed by atoms with Gasteiger partial charge in [0.05, 0.1) is 24.2 Å². The molecule has 5 aromatic rings. The highest BCUT2D eigenvalue weighted by Crippen LogP contribution is 2.33. The molecule has 2 heterocycles. The monoisotopic (exact) mass is 726 g/mol. The van der Waals surface area contributed by atoms with Crippen LogP contribution >= 0.6 is 11.6 Å². The van der Waals surface area contributed by atoms with Crippen LogP contribution in [-0.4, -0.2) is 57.1 Å². The van der Waals surface area contributed by atoms with Gasteiger partial charge in [0.2, 0.25) is 5.88 Å². The molecule has 3 aromatic carbocycles. The first-order valence-electron chi connectivity index (χ1n) is 16.8. The van der Waals surface area contributed by atoms with Crippen LogP contribution in [0.4, 0.5) is 10.5 Å². The fraction of sp³-hybridized carbons (Fsp3) is 0.325. The number of rotatable bonds is 10. The summed E-state index contributed by atoms with van der Waals surface area (Å²) in [6.07, 6.45) is -0.262. The lowest BCUT2D eigenvalue weighted by Crippen LogP contribution is -2.33. The van der Waals surface area contributed by atoms with Crippen LogP contribution in [-0.2, 0) is 15.9 Å². The van der Waals surface area contributed by atoms with Crippen LogP contribution in [0.3, 0.4) is 0 Å². The summed E-state index contributed by atoms with van der Waals surface area (Å²) in [5.74, 6) is -0.703. The van der Waals surface area contributed by atoms with E-state index in [2.05, 4.69) is 10.4 Å². The maximum Gasteiger partial charge on any atom is 0.419 e. The average molecular weight is 727 g/mol. The Kier molecular flexibility index (Phi) is 10.9. The third kappa shape index (κ3) is 8.89. The molecule has 52 heavy (non-hydrogen) atoms. The van der Waals surface area contributed by atoms with E-state index in [0.29, 0.717) is 44.7 Å². The molecular weight excluding hydrogens is 684 g/mol. The quantitative estimate of drug-likeness (QED) is 0.111. The van der Waals surface area contributed by atoms with Gasteiger partial charge in [-0.15, -0.1) is 5.10 Å². The first-order valence-corrected chi connectivity index (χ1v) is 17.2. The van der Waals surface area contributed by atoms with Crippen LogP contribution in [0.15, 0.2) is 83.7 Å². The predicted molar refractivity (Wildman–Crippen MR) is 202 cm³/mol. The minimum atomic E-state index is -0.801. The Morgan fingerprint density at radius 1 is 0.865 bits per heavy atom. The second-order valence-corrected chi connectivity index (χ2v) is 14.9. The van der Waals surface area contributed by atoms with E-state index < -0.39 is 34.9 Å². The Balaban J connectivity index is 1.53. The van der Waals surface area contributed by atoms with Gasteiger partial charge in [0.1, 0.15) is 16.9 Å². The molecule has 0 spiro atoms. The van der Waals surface area contributed by atoms with E-state index in [1.165, 1.54) is 29.3 Å². The zero-order chi connectivity index (χ0) is 38.0. The molecule has 0 aliphatic heterocycles. The van der Waals surface area contributed by atoms with Crippen molar-refractivity contribution in [2.45, 2.75) is 72.1 Å². The van der Waals surface area contributed by atoms with Gasteiger partial charge in [0.15, 0.2) is 5.78 Å². The minimum absolute atomic E-state index is 0.0360. The van der Waals surface area contributed by atoms with Crippen molar-refractivity contribution in [2.24, 2.45) is 0 Å². The zero-order valence-corrected chi connectivity index (χ0v) is 31.3. The first kappa shape index (κ1) is 37.8. The van der Waals surface area contributed by atoms with Crippen LogP contribution in [0.5, 0.6) is 5.88 Å². The topological polar surface area (TPSA) is 131 Å². The second kappa shape index (κ2) is 15.1. The van der Waals surface area contributed by atoms with E-state index in [-0.39, 0.29) is 23.9 Å². The Bertz CT molecular complexity index is 2190. The highest BCUT2D eigenvalue weighted by Gasteiger charge is 2.29. The number of ether oxygens (including phenoxy) is 3. The van der Waals surface area contributed by atoms with Gasteiger partial charge in [-0.1, -0.05) is 41.9 Å². The van der Waals surface area contributed by atoms with E-state index in [4.69, 9.17) is 25.8 Å². The number of benzene rings is 3. The van der Waals surface area contributed by atoms with Gasteiger partial charge in [-0.25, -0.2) is 18.8 Å². The van der Waals surface area contributed by atoms with Crippen molar-refractivity contribution in [1.82, 2.24) is 14.3 Å². The molecule has 0 aliphatic carbocycles. The van der Waals surface area contributed by atoms with Crippen molar-refractivity contribution in [3.05, 3.63) is 111 Å². The number of anilines is 1. The van der Waals surface area contributed by atoms with Crippen molar-refractivity contribution in [2.75, 3.05) is 19.0 Å². The predicted octanol–water partition coefficient (Wildman–Crippen LogP) is 8.36. The summed E-state index contributed by atoms with van der Waals surface area (Å²) in [4.78, 5) is 53.0. The van der Waals surface area contributed by atoms with Crippen molar-refractivity contribution in [3.63, 3.8) is 0 Å². The van der Waals surface area contributed by atoms with Gasteiger partial charge < -0.3 is 19.5 Å². The van der Waals surface area contributed by atoms with E-state index in [1.807, 2.05) is 36.4 Å². The molecule has 11 nitrogen and oxygen atoms in total. The first-order chi connectivity index (χ1) is 24.4. The summed E-state index contributed by atoms with van der Waals surface area (Å²) >= 11 is 6.29. The normalized spacial score (nSPS) is 12.3. The summed E-state index contributed by atoms with van der Waals surface area (Å²) < 4.78 is 19.5. The number of methoxy groups -OCH3 is 1. The maximum atomic E-state index is 13.8. The summed E-state index contributed by atoms with van der Waals surface area (Å²) in [7, 11) is 1.45. The largest absolute Gasteiger partial charge is 0.480 e. The lowest BCUT2D eigenvalue weighted by atomic mass is 9.98. The highest BCUT2D eigenvalue weighted by atomic mass is 35.5. The van der Waals surface area contributed by atoms with E-state index in [0.717, 1.165) is 5.56 Å². The Morgan fingerprint density at radius 2 is 1.56 bits per heavy atom. The summed E-state index contributed by atoms with van der Waals surface area (Å²) in [6, 6.07) is 22.4. The van der Waals surface area contributed by atoms with Crippen LogP contribution in [0.2, 0.25) is 5.02 Å². The Morgan fingerprint density at radius 3 is 2.19 bits per heavy atom. The maximum absolute atomic E-state index is 13.8. The van der Waals surface area contributed by atoms with Crippen molar-refractivity contribution >= 4 is 46.0 Å². The van der Waals surface area contributed by atoms with Gasteiger partial charge in [-0.2, -0.15) is 0 Å². The van der Waals surface area contributed by atoms with Crippen LogP contribution in [0.1, 0.15) is 80.9 Å². The van der Waals surface area contributed by atoms with Gasteiger partial charge in [-0.05, 0) is 108 Å². The third-order valence-electron chi connectivity index (χ3n) is 7.95. The van der Waals surface area contributed by atoms with Crippen molar-refractivity contribution in [1.29, 1.82) is 0 Å². The van der Waals surface area contributed by atoms with E-state index in [9.17, 15) is 19.2 Å². The number of ketones is 1. The van der Waals surface area contributed by atoms with Crippen LogP contribution in [0, 0.1) is 0 Å². The number of fused-ring (bicyclic) bond motifs is 1. The third-order valence-corrected chi connectivity index (χ3v) is 8.19. The number of esters is 1. The summed E-state index contributed by atoms with van der Waals surface area (Å²) in [6.45, 7) is 12.2. The molecule has 2 aromatic heterocycles.